The molecule has 0 aliphatic carbocycles. The van der Waals surface area contributed by atoms with Gasteiger partial charge in [0, 0.05) is 13.1 Å². The number of hydrogen-bond acceptors (Lipinski definition) is 4. The predicted molar refractivity (Wildman–Crippen MR) is 166 cm³/mol. The molecule has 3 aromatic rings. The normalized spacial score (nSPS) is 12.2. The van der Waals surface area contributed by atoms with Crippen LogP contribution >= 0.6 is 23.2 Å². The zero-order chi connectivity index (χ0) is 30.3. The van der Waals surface area contributed by atoms with E-state index in [-0.39, 0.29) is 23.3 Å². The maximum absolute atomic E-state index is 14.1. The van der Waals surface area contributed by atoms with Gasteiger partial charge in [0.25, 0.3) is 10.0 Å². The molecule has 0 aliphatic heterocycles. The van der Waals surface area contributed by atoms with Gasteiger partial charge in [-0.3, -0.25) is 13.9 Å². The van der Waals surface area contributed by atoms with E-state index in [2.05, 4.69) is 5.32 Å². The highest BCUT2D eigenvalue weighted by molar-refractivity contribution is 7.92. The number of nitrogens with one attached hydrogen (secondary N) is 1. The molecule has 220 valence electrons. The van der Waals surface area contributed by atoms with Crippen LogP contribution in [-0.2, 0) is 26.2 Å². The number of rotatable bonds is 12. The van der Waals surface area contributed by atoms with Gasteiger partial charge >= 0.3 is 0 Å². The van der Waals surface area contributed by atoms with Crippen molar-refractivity contribution in [3.63, 3.8) is 0 Å². The fourth-order valence-electron chi connectivity index (χ4n) is 4.44. The standard InChI is InChI=1S/C31H37Cl2N3O4S/c1-6-29(31(38)34-7-2)35(19-23-10-17-27(32)28(33)18-23)30(37)20-36(25-13-11-24(12-14-25)21(3)4)41(39,40)26-15-8-22(5)9-16-26/h8-18,21,29H,6-7,19-20H2,1-5H3,(H,34,38). The highest BCUT2D eigenvalue weighted by Gasteiger charge is 2.33. The fraction of sp³-hybridized carbons (Fsp3) is 0.355. The minimum atomic E-state index is -4.13. The van der Waals surface area contributed by atoms with Crippen LogP contribution in [0.4, 0.5) is 5.69 Å². The van der Waals surface area contributed by atoms with E-state index in [1.165, 1.54) is 17.0 Å². The van der Waals surface area contributed by atoms with E-state index in [0.29, 0.717) is 34.3 Å². The molecule has 10 heteroatoms. The second kappa shape index (κ2) is 14.2. The third-order valence-corrected chi connectivity index (χ3v) is 9.34. The van der Waals surface area contributed by atoms with Crippen molar-refractivity contribution >= 4 is 50.7 Å². The smallest absolute Gasteiger partial charge is 0.264 e. The number of nitrogens with zero attached hydrogens (tertiary/aromatic N) is 2. The number of hydrogen-bond donors (Lipinski definition) is 1. The molecule has 0 saturated carbocycles. The first-order chi connectivity index (χ1) is 19.4. The lowest BCUT2D eigenvalue weighted by Gasteiger charge is -2.33. The van der Waals surface area contributed by atoms with Crippen LogP contribution < -0.4 is 9.62 Å². The number of sulfonamides is 1. The summed E-state index contributed by atoms with van der Waals surface area (Å²) in [7, 11) is -4.13. The number of benzene rings is 3. The largest absolute Gasteiger partial charge is 0.355 e. The molecule has 2 amide bonds. The minimum absolute atomic E-state index is 0.0378. The maximum atomic E-state index is 14.1. The molecule has 3 rings (SSSR count). The van der Waals surface area contributed by atoms with Crippen molar-refractivity contribution in [1.29, 1.82) is 0 Å². The molecular formula is C31H37Cl2N3O4S. The van der Waals surface area contributed by atoms with Crippen molar-refractivity contribution in [3.8, 4) is 0 Å². The van der Waals surface area contributed by atoms with Gasteiger partial charge in [0.05, 0.1) is 20.6 Å². The number of anilines is 1. The number of carbonyl (C=O) groups excluding carboxylic acids is 2. The van der Waals surface area contributed by atoms with Crippen LogP contribution in [-0.4, -0.2) is 44.3 Å². The lowest BCUT2D eigenvalue weighted by molar-refractivity contribution is -0.140. The quantitative estimate of drug-likeness (QED) is 0.249. The van der Waals surface area contributed by atoms with Crippen LogP contribution in [0.3, 0.4) is 0 Å². The van der Waals surface area contributed by atoms with E-state index in [9.17, 15) is 18.0 Å². The molecule has 1 N–H and O–H groups in total. The molecule has 0 radical (unpaired) electrons. The zero-order valence-corrected chi connectivity index (χ0v) is 26.4. The monoisotopic (exact) mass is 617 g/mol. The fourth-order valence-corrected chi connectivity index (χ4v) is 6.17. The first-order valence-electron chi connectivity index (χ1n) is 13.6. The van der Waals surface area contributed by atoms with E-state index in [4.69, 9.17) is 23.2 Å². The van der Waals surface area contributed by atoms with Crippen molar-refractivity contribution in [2.24, 2.45) is 0 Å². The van der Waals surface area contributed by atoms with Gasteiger partial charge in [0.1, 0.15) is 12.6 Å². The summed E-state index contributed by atoms with van der Waals surface area (Å²) in [6.07, 6.45) is 0.326. The van der Waals surface area contributed by atoms with Gasteiger partial charge in [0.15, 0.2) is 0 Å². The van der Waals surface area contributed by atoms with Gasteiger partial charge in [-0.15, -0.1) is 0 Å². The summed E-state index contributed by atoms with van der Waals surface area (Å²) in [6, 6.07) is 17.8. The van der Waals surface area contributed by atoms with E-state index >= 15 is 0 Å². The van der Waals surface area contributed by atoms with E-state index in [1.807, 2.05) is 32.9 Å². The Hall–Kier alpha value is -3.07. The Balaban J connectivity index is 2.08. The van der Waals surface area contributed by atoms with Crippen molar-refractivity contribution in [2.45, 2.75) is 64.4 Å². The van der Waals surface area contributed by atoms with E-state index < -0.39 is 28.5 Å². The second-order valence-electron chi connectivity index (χ2n) is 10.2. The Labute approximate surface area is 253 Å². The first-order valence-corrected chi connectivity index (χ1v) is 15.8. The summed E-state index contributed by atoms with van der Waals surface area (Å²) in [4.78, 5) is 28.6. The molecule has 7 nitrogen and oxygen atoms in total. The molecule has 41 heavy (non-hydrogen) atoms. The molecule has 1 atom stereocenters. The number of likely N-dealkylation sites (N-methyl/N-ethyl adjacent to an activating group) is 1. The molecule has 0 heterocycles. The third-order valence-electron chi connectivity index (χ3n) is 6.81. The molecule has 0 spiro atoms. The molecule has 0 saturated heterocycles. The molecule has 3 aromatic carbocycles. The highest BCUT2D eigenvalue weighted by atomic mass is 35.5. The average Bonchev–Trinajstić information content (AvgIpc) is 2.93. The summed E-state index contributed by atoms with van der Waals surface area (Å²) in [5.74, 6) is -0.604. The van der Waals surface area contributed by atoms with Crippen LogP contribution in [0.5, 0.6) is 0 Å². The van der Waals surface area contributed by atoms with Crippen LogP contribution in [0.15, 0.2) is 71.6 Å². The van der Waals surface area contributed by atoms with Gasteiger partial charge in [-0.25, -0.2) is 8.42 Å². The lowest BCUT2D eigenvalue weighted by atomic mass is 10.0. The van der Waals surface area contributed by atoms with Crippen LogP contribution in [0.1, 0.15) is 56.7 Å². The van der Waals surface area contributed by atoms with Gasteiger partial charge in [0.2, 0.25) is 11.8 Å². The van der Waals surface area contributed by atoms with Crippen LogP contribution in [0.25, 0.3) is 0 Å². The molecule has 0 bridgehead atoms. The Bertz CT molecular complexity index is 1460. The van der Waals surface area contributed by atoms with Gasteiger partial charge in [-0.2, -0.15) is 0 Å². The number of amides is 2. The minimum Gasteiger partial charge on any atom is -0.355 e. The average molecular weight is 619 g/mol. The molecular weight excluding hydrogens is 581 g/mol. The van der Waals surface area contributed by atoms with Gasteiger partial charge in [-0.05, 0) is 73.7 Å². The van der Waals surface area contributed by atoms with Crippen molar-refractivity contribution in [2.75, 3.05) is 17.4 Å². The van der Waals surface area contributed by atoms with Crippen molar-refractivity contribution in [1.82, 2.24) is 10.2 Å². The first kappa shape index (κ1) is 32.4. The molecule has 0 aromatic heterocycles. The summed E-state index contributed by atoms with van der Waals surface area (Å²) in [5, 5.41) is 3.47. The maximum Gasteiger partial charge on any atom is 0.264 e. The predicted octanol–water partition coefficient (Wildman–Crippen LogP) is 6.56. The van der Waals surface area contributed by atoms with Gasteiger partial charge in [-0.1, -0.05) is 79.9 Å². The van der Waals surface area contributed by atoms with Crippen molar-refractivity contribution in [3.05, 3.63) is 93.5 Å². The summed E-state index contributed by atoms with van der Waals surface area (Å²) in [5.41, 5.74) is 2.96. The molecule has 0 fully saturated rings. The number of halogens is 2. The zero-order valence-electron chi connectivity index (χ0n) is 24.0. The summed E-state index contributed by atoms with van der Waals surface area (Å²) < 4.78 is 29.1. The SMILES string of the molecule is CCNC(=O)C(CC)N(Cc1ccc(Cl)c(Cl)c1)C(=O)CN(c1ccc(C(C)C)cc1)S(=O)(=O)c1ccc(C)cc1. The number of aryl methyl sites for hydroxylation is 1. The molecule has 1 unspecified atom stereocenters. The Morgan fingerprint density at radius 3 is 2.07 bits per heavy atom. The van der Waals surface area contributed by atoms with E-state index in [1.54, 1.807) is 56.3 Å². The Morgan fingerprint density at radius 2 is 1.54 bits per heavy atom. The highest BCUT2D eigenvalue weighted by Crippen LogP contribution is 2.28. The van der Waals surface area contributed by atoms with E-state index in [0.717, 1.165) is 15.4 Å². The topological polar surface area (TPSA) is 86.8 Å². The van der Waals surface area contributed by atoms with Crippen LogP contribution in [0.2, 0.25) is 10.0 Å². The molecule has 0 aliphatic rings. The summed E-state index contributed by atoms with van der Waals surface area (Å²) in [6.45, 7) is 9.49. The van der Waals surface area contributed by atoms with Crippen LogP contribution in [0, 0.1) is 6.92 Å². The van der Waals surface area contributed by atoms with Gasteiger partial charge < -0.3 is 10.2 Å². The summed E-state index contributed by atoms with van der Waals surface area (Å²) >= 11 is 12.3. The van der Waals surface area contributed by atoms with Crippen molar-refractivity contribution < 1.29 is 18.0 Å². The Morgan fingerprint density at radius 1 is 0.902 bits per heavy atom. The lowest BCUT2D eigenvalue weighted by Crippen LogP contribution is -2.52. The third kappa shape index (κ3) is 8.03. The number of carbonyl (C=O) groups is 2. The second-order valence-corrected chi connectivity index (χ2v) is 12.8. The Kier molecular flexibility index (Phi) is 11.2.